The van der Waals surface area contributed by atoms with Gasteiger partial charge in [-0.3, -0.25) is 4.79 Å². The second-order valence-electron chi connectivity index (χ2n) is 18.9. The third-order valence-electron chi connectivity index (χ3n) is 13.0. The highest BCUT2D eigenvalue weighted by atomic mass is 16.7. The van der Waals surface area contributed by atoms with Crippen molar-refractivity contribution in [3.05, 3.63) is 24.3 Å². The lowest BCUT2D eigenvalue weighted by atomic mass is 9.98. The lowest BCUT2D eigenvalue weighted by Crippen LogP contribution is -2.60. The number of rotatable bonds is 45. The van der Waals surface area contributed by atoms with Gasteiger partial charge >= 0.3 is 0 Å². The molecule has 0 spiro atoms. The molecule has 11 heteroatoms. The second-order valence-corrected chi connectivity index (χ2v) is 18.9. The van der Waals surface area contributed by atoms with Crippen LogP contribution in [0.1, 0.15) is 239 Å². The molecule has 11 nitrogen and oxygen atoms in total. The van der Waals surface area contributed by atoms with Crippen LogP contribution in [0.5, 0.6) is 0 Å². The molecule has 0 bridgehead atoms. The molecule has 378 valence electrons. The molecule has 0 aromatic rings. The van der Waals surface area contributed by atoms with Crippen LogP contribution in [0.25, 0.3) is 0 Å². The highest BCUT2D eigenvalue weighted by Gasteiger charge is 2.44. The molecule has 8 N–H and O–H groups in total. The van der Waals surface area contributed by atoms with Gasteiger partial charge < -0.3 is 50.5 Å². The van der Waals surface area contributed by atoms with E-state index in [0.717, 1.165) is 38.5 Å². The topological polar surface area (TPSA) is 189 Å². The third kappa shape index (κ3) is 31.5. The maximum absolute atomic E-state index is 13.1. The molecule has 64 heavy (non-hydrogen) atoms. The SMILES string of the molecule is CCCCCCCCCCCCCC/C=C/CC/C=C/CCCC(O)C(O)C(COC1OC(CO)C(O)C(O)C1O)NC(=O)C(O)CCCCCCCCCCCCCCCCCC. The van der Waals surface area contributed by atoms with Crippen LogP contribution in [0.3, 0.4) is 0 Å². The summed E-state index contributed by atoms with van der Waals surface area (Å²) in [6.07, 6.45) is 38.0. The first-order valence-electron chi connectivity index (χ1n) is 26.7. The van der Waals surface area contributed by atoms with Crippen LogP contribution in [-0.2, 0) is 14.3 Å². The molecule has 0 aliphatic carbocycles. The Morgan fingerprint density at radius 3 is 1.39 bits per heavy atom. The van der Waals surface area contributed by atoms with Crippen molar-refractivity contribution in [3.63, 3.8) is 0 Å². The van der Waals surface area contributed by atoms with Gasteiger partial charge in [0.05, 0.1) is 25.4 Å². The fourth-order valence-corrected chi connectivity index (χ4v) is 8.58. The Labute approximate surface area is 391 Å². The number of aliphatic hydroxyl groups excluding tert-OH is 7. The minimum absolute atomic E-state index is 0.249. The molecule has 0 aromatic heterocycles. The number of hydrogen-bond acceptors (Lipinski definition) is 10. The molecular weight excluding hydrogens is 811 g/mol. The Morgan fingerprint density at radius 2 is 0.938 bits per heavy atom. The molecular formula is C53H101NO10. The van der Waals surface area contributed by atoms with E-state index in [1.165, 1.54) is 154 Å². The fourth-order valence-electron chi connectivity index (χ4n) is 8.58. The van der Waals surface area contributed by atoms with Gasteiger partial charge in [0.1, 0.15) is 36.6 Å². The molecule has 1 heterocycles. The van der Waals surface area contributed by atoms with E-state index in [0.29, 0.717) is 19.3 Å². The molecule has 1 aliphatic heterocycles. The zero-order chi connectivity index (χ0) is 46.9. The van der Waals surface area contributed by atoms with E-state index in [9.17, 15) is 40.5 Å². The summed E-state index contributed by atoms with van der Waals surface area (Å²) >= 11 is 0. The summed E-state index contributed by atoms with van der Waals surface area (Å²) in [6.45, 7) is 3.45. The Balaban J connectivity index is 2.40. The van der Waals surface area contributed by atoms with Gasteiger partial charge in [0, 0.05) is 0 Å². The first-order valence-corrected chi connectivity index (χ1v) is 26.7. The number of unbranched alkanes of at least 4 members (excludes halogenated alkanes) is 29. The molecule has 0 radical (unpaired) electrons. The summed E-state index contributed by atoms with van der Waals surface area (Å²) in [5, 5.41) is 75.9. The van der Waals surface area contributed by atoms with Crippen LogP contribution in [-0.4, -0.2) is 110 Å². The minimum atomic E-state index is -1.67. The highest BCUT2D eigenvalue weighted by molar-refractivity contribution is 5.80. The predicted octanol–water partition coefficient (Wildman–Crippen LogP) is 10.2. The Morgan fingerprint density at radius 1 is 0.531 bits per heavy atom. The summed E-state index contributed by atoms with van der Waals surface area (Å²) in [7, 11) is 0. The zero-order valence-electron chi connectivity index (χ0n) is 41.0. The standard InChI is InChI=1S/C53H101NO10/c1-3-5-7-9-11-13-15-17-19-21-22-23-24-25-27-28-30-32-34-36-38-40-45(56)48(58)44(43-63-53-51(61)50(60)49(59)47(42-55)64-53)54-52(62)46(57)41-39-37-35-33-31-29-26-20-18-16-14-12-10-8-6-4-2/h25,27,32,34,44-51,53,55-61H,3-24,26,28-31,33,35-43H2,1-2H3,(H,54,62)/b27-25+,34-32+. The van der Waals surface area contributed by atoms with E-state index >= 15 is 0 Å². The quantitative estimate of drug-likeness (QED) is 0.0216. The molecule has 1 amide bonds. The van der Waals surface area contributed by atoms with Crippen LogP contribution in [0.2, 0.25) is 0 Å². The highest BCUT2D eigenvalue weighted by Crippen LogP contribution is 2.23. The maximum Gasteiger partial charge on any atom is 0.249 e. The van der Waals surface area contributed by atoms with E-state index in [4.69, 9.17) is 9.47 Å². The summed E-state index contributed by atoms with van der Waals surface area (Å²) in [4.78, 5) is 13.1. The molecule has 1 rings (SSSR count). The van der Waals surface area contributed by atoms with Crippen molar-refractivity contribution in [2.24, 2.45) is 0 Å². The lowest BCUT2D eigenvalue weighted by molar-refractivity contribution is -0.303. The number of carbonyl (C=O) groups is 1. The van der Waals surface area contributed by atoms with Gasteiger partial charge in [-0.1, -0.05) is 212 Å². The van der Waals surface area contributed by atoms with Crippen molar-refractivity contribution >= 4 is 5.91 Å². The molecule has 1 fully saturated rings. The van der Waals surface area contributed by atoms with E-state index in [2.05, 4.69) is 43.5 Å². The Bertz CT molecular complexity index is 1090. The summed E-state index contributed by atoms with van der Waals surface area (Å²) in [5.41, 5.74) is 0. The van der Waals surface area contributed by atoms with Gasteiger partial charge in [-0.2, -0.15) is 0 Å². The van der Waals surface area contributed by atoms with Gasteiger partial charge in [-0.15, -0.1) is 0 Å². The van der Waals surface area contributed by atoms with Gasteiger partial charge in [0.25, 0.3) is 0 Å². The van der Waals surface area contributed by atoms with Gasteiger partial charge in [-0.25, -0.2) is 0 Å². The van der Waals surface area contributed by atoms with E-state index in [-0.39, 0.29) is 12.8 Å². The number of allylic oxidation sites excluding steroid dienone is 4. The van der Waals surface area contributed by atoms with Crippen molar-refractivity contribution in [1.29, 1.82) is 0 Å². The first-order chi connectivity index (χ1) is 31.2. The third-order valence-corrected chi connectivity index (χ3v) is 13.0. The zero-order valence-corrected chi connectivity index (χ0v) is 41.0. The van der Waals surface area contributed by atoms with Crippen molar-refractivity contribution < 1.29 is 50.0 Å². The molecule has 0 aromatic carbocycles. The first kappa shape index (κ1) is 60.6. The van der Waals surface area contributed by atoms with Crippen molar-refractivity contribution in [2.45, 2.75) is 294 Å². The van der Waals surface area contributed by atoms with Crippen molar-refractivity contribution in [2.75, 3.05) is 13.2 Å². The summed E-state index contributed by atoms with van der Waals surface area (Å²) in [6, 6.07) is -1.19. The average Bonchev–Trinajstić information content (AvgIpc) is 3.29. The van der Waals surface area contributed by atoms with E-state index in [1.807, 2.05) is 0 Å². The molecule has 0 saturated carbocycles. The minimum Gasteiger partial charge on any atom is -0.394 e. The van der Waals surface area contributed by atoms with E-state index in [1.54, 1.807) is 0 Å². The van der Waals surface area contributed by atoms with Crippen LogP contribution >= 0.6 is 0 Å². The van der Waals surface area contributed by atoms with Gasteiger partial charge in [0.2, 0.25) is 5.91 Å². The number of nitrogens with one attached hydrogen (secondary N) is 1. The maximum atomic E-state index is 13.1. The van der Waals surface area contributed by atoms with Crippen molar-refractivity contribution in [3.8, 4) is 0 Å². The molecule has 1 aliphatic rings. The molecule has 9 atom stereocenters. The average molecular weight is 912 g/mol. The lowest BCUT2D eigenvalue weighted by Gasteiger charge is -2.40. The Hall–Kier alpha value is -1.41. The van der Waals surface area contributed by atoms with Crippen LogP contribution in [0.4, 0.5) is 0 Å². The summed E-state index contributed by atoms with van der Waals surface area (Å²) < 4.78 is 11.1. The van der Waals surface area contributed by atoms with Crippen LogP contribution < -0.4 is 5.32 Å². The largest absolute Gasteiger partial charge is 0.394 e. The van der Waals surface area contributed by atoms with Crippen LogP contribution in [0, 0.1) is 0 Å². The van der Waals surface area contributed by atoms with Crippen LogP contribution in [0.15, 0.2) is 24.3 Å². The predicted molar refractivity (Wildman–Crippen MR) is 261 cm³/mol. The Kier molecular flexibility index (Phi) is 40.6. The van der Waals surface area contributed by atoms with E-state index < -0.39 is 74.2 Å². The molecule has 1 saturated heterocycles. The van der Waals surface area contributed by atoms with Gasteiger partial charge in [0.15, 0.2) is 6.29 Å². The number of aliphatic hydroxyl groups is 7. The molecule has 9 unspecified atom stereocenters. The van der Waals surface area contributed by atoms with Crippen molar-refractivity contribution in [1.82, 2.24) is 5.32 Å². The summed E-state index contributed by atoms with van der Waals surface area (Å²) in [5.74, 6) is -0.708. The number of carbonyl (C=O) groups excluding carboxylic acids is 1. The second kappa shape index (κ2) is 42.9. The number of amides is 1. The fraction of sp³-hybridized carbons (Fsp3) is 0.906. The van der Waals surface area contributed by atoms with Gasteiger partial charge in [-0.05, 0) is 51.4 Å². The number of hydrogen-bond donors (Lipinski definition) is 8. The smallest absolute Gasteiger partial charge is 0.249 e. The normalized spacial score (nSPS) is 21.2. The monoisotopic (exact) mass is 912 g/mol. The number of ether oxygens (including phenoxy) is 2.